The number of methoxy groups -OCH3 is 1. The largest absolute Gasteiger partial charge is 0.493 e. The van der Waals surface area contributed by atoms with E-state index in [0.717, 1.165) is 55.9 Å². The average Bonchev–Trinajstić information content (AvgIpc) is 3.28. The van der Waals surface area contributed by atoms with Gasteiger partial charge in [-0.3, -0.25) is 4.79 Å². The Morgan fingerprint density at radius 1 is 1.00 bits per heavy atom. The Balaban J connectivity index is 1.44. The molecule has 5 nitrogen and oxygen atoms in total. The lowest BCUT2D eigenvalue weighted by atomic mass is 9.84. The highest BCUT2D eigenvalue weighted by molar-refractivity contribution is 5.79. The summed E-state index contributed by atoms with van der Waals surface area (Å²) < 4.78 is 11.6. The van der Waals surface area contributed by atoms with Crippen molar-refractivity contribution in [2.24, 2.45) is 5.92 Å². The zero-order chi connectivity index (χ0) is 21.5. The summed E-state index contributed by atoms with van der Waals surface area (Å²) in [6.45, 7) is 5.18. The summed E-state index contributed by atoms with van der Waals surface area (Å²) >= 11 is 0. The van der Waals surface area contributed by atoms with Crippen molar-refractivity contribution < 1.29 is 14.3 Å². The molecule has 5 heteroatoms. The number of carbonyl (C=O) groups excluding carboxylic acids is 1. The Morgan fingerprint density at radius 2 is 1.77 bits per heavy atom. The van der Waals surface area contributed by atoms with E-state index in [1.165, 1.54) is 19.3 Å². The maximum absolute atomic E-state index is 13.1. The molecule has 2 aliphatic rings. The fraction of sp³-hybridized carbons (Fsp3) is 0.500. The Kier molecular flexibility index (Phi) is 7.47. The van der Waals surface area contributed by atoms with Crippen LogP contribution in [0.25, 0.3) is 0 Å². The number of hydrogen-bond acceptors (Lipinski definition) is 4. The minimum Gasteiger partial charge on any atom is -0.493 e. The third-order valence-corrected chi connectivity index (χ3v) is 6.49. The molecular formula is C26H34N2O3. The molecule has 0 N–H and O–H groups in total. The molecule has 31 heavy (non-hydrogen) atoms. The summed E-state index contributed by atoms with van der Waals surface area (Å²) in [7, 11) is 1.66. The number of hydrogen-bond donors (Lipinski definition) is 0. The normalized spacial score (nSPS) is 16.7. The molecule has 1 saturated heterocycles. The summed E-state index contributed by atoms with van der Waals surface area (Å²) in [5.74, 6) is 1.96. The van der Waals surface area contributed by atoms with Gasteiger partial charge in [0, 0.05) is 25.6 Å². The van der Waals surface area contributed by atoms with Gasteiger partial charge in [-0.2, -0.15) is 0 Å². The van der Waals surface area contributed by atoms with Crippen molar-refractivity contribution in [3.8, 4) is 11.5 Å². The molecule has 1 amide bonds. The number of carbonyl (C=O) groups is 1. The minimum atomic E-state index is 0.214. The van der Waals surface area contributed by atoms with Crippen LogP contribution in [0.5, 0.6) is 11.5 Å². The van der Waals surface area contributed by atoms with Gasteiger partial charge in [-0.05, 0) is 62.0 Å². The van der Waals surface area contributed by atoms with Crippen LogP contribution in [0, 0.1) is 5.92 Å². The van der Waals surface area contributed by atoms with Gasteiger partial charge < -0.3 is 19.3 Å². The molecular weight excluding hydrogens is 388 g/mol. The van der Waals surface area contributed by atoms with Gasteiger partial charge in [0.05, 0.1) is 7.11 Å². The molecule has 0 unspecified atom stereocenters. The van der Waals surface area contributed by atoms with Gasteiger partial charge in [0.2, 0.25) is 5.91 Å². The highest BCUT2D eigenvalue weighted by Gasteiger charge is 2.30. The minimum absolute atomic E-state index is 0.214. The molecule has 1 heterocycles. The van der Waals surface area contributed by atoms with Crippen molar-refractivity contribution in [2.45, 2.75) is 45.3 Å². The number of rotatable bonds is 10. The number of likely N-dealkylation sites (tertiary alicyclic amines) is 1. The van der Waals surface area contributed by atoms with E-state index < -0.39 is 0 Å². The third-order valence-electron chi connectivity index (χ3n) is 6.49. The maximum atomic E-state index is 13.1. The standard InChI is InChI=1S/C26H34N2O3/c1-30-24-13-12-22(18-25(24)31-20-21-8-3-2-4-9-21)19-28(26(29)23-10-7-11-23)17-16-27-14-5-6-15-27/h2-4,8-9,12-13,18,23H,5-7,10-11,14-17,19-20H2,1H3. The van der Waals surface area contributed by atoms with Crippen LogP contribution in [0.4, 0.5) is 0 Å². The first kappa shape index (κ1) is 21.7. The molecule has 2 fully saturated rings. The number of ether oxygens (including phenoxy) is 2. The quantitative estimate of drug-likeness (QED) is 0.565. The Labute approximate surface area is 185 Å². The predicted octanol–water partition coefficient (Wildman–Crippen LogP) is 4.50. The molecule has 166 valence electrons. The first-order valence-corrected chi connectivity index (χ1v) is 11.6. The van der Waals surface area contributed by atoms with Gasteiger partial charge in [-0.15, -0.1) is 0 Å². The number of nitrogens with zero attached hydrogens (tertiary/aromatic N) is 2. The number of benzene rings is 2. The van der Waals surface area contributed by atoms with Crippen LogP contribution < -0.4 is 9.47 Å². The zero-order valence-electron chi connectivity index (χ0n) is 18.6. The zero-order valence-corrected chi connectivity index (χ0v) is 18.6. The average molecular weight is 423 g/mol. The summed E-state index contributed by atoms with van der Waals surface area (Å²) in [4.78, 5) is 17.6. The van der Waals surface area contributed by atoms with E-state index in [2.05, 4.69) is 9.80 Å². The predicted molar refractivity (Wildman–Crippen MR) is 122 cm³/mol. The van der Waals surface area contributed by atoms with Gasteiger partial charge >= 0.3 is 0 Å². The summed E-state index contributed by atoms with van der Waals surface area (Å²) in [6, 6.07) is 16.1. The Bertz CT molecular complexity index is 845. The lowest BCUT2D eigenvalue weighted by molar-refractivity contribution is -0.139. The summed E-state index contributed by atoms with van der Waals surface area (Å²) in [5.41, 5.74) is 2.19. The van der Waals surface area contributed by atoms with E-state index in [1.807, 2.05) is 48.5 Å². The number of amides is 1. The lowest BCUT2D eigenvalue weighted by Crippen LogP contribution is -2.42. The molecule has 0 radical (unpaired) electrons. The van der Waals surface area contributed by atoms with Gasteiger partial charge in [0.25, 0.3) is 0 Å². The molecule has 0 aromatic heterocycles. The van der Waals surface area contributed by atoms with E-state index >= 15 is 0 Å². The van der Waals surface area contributed by atoms with Crippen molar-refractivity contribution in [3.05, 3.63) is 59.7 Å². The Morgan fingerprint density at radius 3 is 2.45 bits per heavy atom. The molecule has 2 aromatic carbocycles. The first-order chi connectivity index (χ1) is 15.2. The topological polar surface area (TPSA) is 42.0 Å². The second kappa shape index (κ2) is 10.7. The van der Waals surface area contributed by atoms with E-state index in [1.54, 1.807) is 7.11 Å². The molecule has 0 atom stereocenters. The van der Waals surface area contributed by atoms with E-state index in [0.29, 0.717) is 24.8 Å². The van der Waals surface area contributed by atoms with Gasteiger partial charge in [-0.1, -0.05) is 42.8 Å². The van der Waals surface area contributed by atoms with Crippen LogP contribution in [0.1, 0.15) is 43.2 Å². The van der Waals surface area contributed by atoms with Gasteiger partial charge in [0.1, 0.15) is 6.61 Å². The summed E-state index contributed by atoms with van der Waals surface area (Å²) in [6.07, 6.45) is 5.80. The van der Waals surface area contributed by atoms with Crippen LogP contribution in [0.3, 0.4) is 0 Å². The van der Waals surface area contributed by atoms with Crippen molar-refractivity contribution in [1.29, 1.82) is 0 Å². The molecule has 2 aromatic rings. The second-order valence-corrected chi connectivity index (χ2v) is 8.70. The SMILES string of the molecule is COc1ccc(CN(CCN2CCCC2)C(=O)C2CCC2)cc1OCc1ccccc1. The lowest BCUT2D eigenvalue weighted by Gasteiger charge is -2.33. The highest BCUT2D eigenvalue weighted by Crippen LogP contribution is 2.31. The molecule has 0 bridgehead atoms. The van der Waals surface area contributed by atoms with E-state index in [-0.39, 0.29) is 5.92 Å². The van der Waals surface area contributed by atoms with Crippen LogP contribution in [0.2, 0.25) is 0 Å². The molecule has 0 spiro atoms. The van der Waals surface area contributed by atoms with Crippen LogP contribution in [-0.4, -0.2) is 49.0 Å². The van der Waals surface area contributed by atoms with Gasteiger partial charge in [-0.25, -0.2) is 0 Å². The molecule has 1 aliphatic heterocycles. The molecule has 1 saturated carbocycles. The first-order valence-electron chi connectivity index (χ1n) is 11.6. The summed E-state index contributed by atoms with van der Waals surface area (Å²) in [5, 5.41) is 0. The van der Waals surface area contributed by atoms with Crippen molar-refractivity contribution >= 4 is 5.91 Å². The second-order valence-electron chi connectivity index (χ2n) is 8.70. The third kappa shape index (κ3) is 5.79. The monoisotopic (exact) mass is 422 g/mol. The smallest absolute Gasteiger partial charge is 0.226 e. The molecule has 1 aliphatic carbocycles. The van der Waals surface area contributed by atoms with Gasteiger partial charge in [0.15, 0.2) is 11.5 Å². The van der Waals surface area contributed by atoms with E-state index in [4.69, 9.17) is 9.47 Å². The fourth-order valence-corrected chi connectivity index (χ4v) is 4.34. The van der Waals surface area contributed by atoms with Crippen LogP contribution in [-0.2, 0) is 17.9 Å². The van der Waals surface area contributed by atoms with Crippen molar-refractivity contribution in [1.82, 2.24) is 9.80 Å². The Hall–Kier alpha value is -2.53. The highest BCUT2D eigenvalue weighted by atomic mass is 16.5. The molecule has 4 rings (SSSR count). The van der Waals surface area contributed by atoms with Crippen molar-refractivity contribution in [2.75, 3.05) is 33.3 Å². The van der Waals surface area contributed by atoms with Crippen LogP contribution >= 0.6 is 0 Å². The fourth-order valence-electron chi connectivity index (χ4n) is 4.34. The maximum Gasteiger partial charge on any atom is 0.226 e. The van der Waals surface area contributed by atoms with Crippen LogP contribution in [0.15, 0.2) is 48.5 Å². The van der Waals surface area contributed by atoms with Crippen molar-refractivity contribution in [3.63, 3.8) is 0 Å². The van der Waals surface area contributed by atoms with E-state index in [9.17, 15) is 4.79 Å².